The van der Waals surface area contributed by atoms with Gasteiger partial charge in [-0.2, -0.15) is 5.10 Å². The van der Waals surface area contributed by atoms with Crippen LogP contribution in [0.25, 0.3) is 0 Å². The second-order valence-corrected chi connectivity index (χ2v) is 7.01. The molecule has 0 radical (unpaired) electrons. The van der Waals surface area contributed by atoms with Crippen LogP contribution >= 0.6 is 0 Å². The molecule has 132 valence electrons. The lowest BCUT2D eigenvalue weighted by molar-refractivity contribution is -0.140. The summed E-state index contributed by atoms with van der Waals surface area (Å²) in [6.07, 6.45) is 4.89. The van der Waals surface area contributed by atoms with Gasteiger partial charge in [0.05, 0.1) is 17.5 Å². The van der Waals surface area contributed by atoms with Gasteiger partial charge in [-0.3, -0.25) is 14.7 Å². The van der Waals surface area contributed by atoms with Crippen LogP contribution in [0.4, 0.5) is 0 Å². The summed E-state index contributed by atoms with van der Waals surface area (Å²) in [6, 6.07) is 0. The first kappa shape index (κ1) is 17.0. The van der Waals surface area contributed by atoms with Gasteiger partial charge >= 0.3 is 0 Å². The van der Waals surface area contributed by atoms with Crippen LogP contribution in [0.1, 0.15) is 48.7 Å². The van der Waals surface area contributed by atoms with E-state index in [2.05, 4.69) is 22.4 Å². The van der Waals surface area contributed by atoms with E-state index in [1.165, 1.54) is 0 Å². The van der Waals surface area contributed by atoms with E-state index in [0.29, 0.717) is 18.8 Å². The molecule has 1 aromatic heterocycles. The van der Waals surface area contributed by atoms with Gasteiger partial charge in [-0.15, -0.1) is 0 Å². The SMILES string of the molecule is CNC(=O)c1cn[nH]c1C1(C)CCN(C(=O)C2CCOCC2)CC1. The second-order valence-electron chi connectivity index (χ2n) is 7.01. The Morgan fingerprint density at radius 1 is 1.33 bits per heavy atom. The minimum absolute atomic E-state index is 0.108. The Balaban J connectivity index is 1.66. The smallest absolute Gasteiger partial charge is 0.254 e. The molecule has 0 atom stereocenters. The van der Waals surface area contributed by atoms with E-state index in [1.54, 1.807) is 13.2 Å². The van der Waals surface area contributed by atoms with Gasteiger partial charge in [0.2, 0.25) is 5.91 Å². The summed E-state index contributed by atoms with van der Waals surface area (Å²) in [5, 5.41) is 9.73. The number of hydrogen-bond donors (Lipinski definition) is 2. The predicted molar refractivity (Wildman–Crippen MR) is 88.7 cm³/mol. The summed E-state index contributed by atoms with van der Waals surface area (Å²) in [5.74, 6) is 0.244. The van der Waals surface area contributed by atoms with Crippen LogP contribution in [0.2, 0.25) is 0 Å². The lowest BCUT2D eigenvalue weighted by Gasteiger charge is -2.40. The molecule has 2 aliphatic rings. The van der Waals surface area contributed by atoms with Crippen molar-refractivity contribution in [2.24, 2.45) is 5.92 Å². The van der Waals surface area contributed by atoms with E-state index in [1.807, 2.05) is 4.90 Å². The van der Waals surface area contributed by atoms with Crippen molar-refractivity contribution in [2.75, 3.05) is 33.4 Å². The largest absolute Gasteiger partial charge is 0.381 e. The minimum Gasteiger partial charge on any atom is -0.381 e. The zero-order valence-electron chi connectivity index (χ0n) is 14.4. The third-order valence-electron chi connectivity index (χ3n) is 5.46. The van der Waals surface area contributed by atoms with Gasteiger partial charge in [-0.1, -0.05) is 6.92 Å². The van der Waals surface area contributed by atoms with Gasteiger partial charge in [-0.25, -0.2) is 0 Å². The number of carbonyl (C=O) groups excluding carboxylic acids is 2. The first-order valence-electron chi connectivity index (χ1n) is 8.67. The highest BCUT2D eigenvalue weighted by molar-refractivity contribution is 5.95. The number of rotatable bonds is 3. The lowest BCUT2D eigenvalue weighted by atomic mass is 9.76. The molecule has 24 heavy (non-hydrogen) atoms. The van der Waals surface area contributed by atoms with E-state index in [0.717, 1.165) is 44.5 Å². The number of H-pyrrole nitrogens is 1. The molecule has 3 heterocycles. The van der Waals surface area contributed by atoms with Crippen molar-refractivity contribution >= 4 is 11.8 Å². The summed E-state index contributed by atoms with van der Waals surface area (Å²) in [5.41, 5.74) is 1.31. The van der Waals surface area contributed by atoms with Crippen molar-refractivity contribution in [1.29, 1.82) is 0 Å². The number of likely N-dealkylation sites (tertiary alicyclic amines) is 1. The maximum absolute atomic E-state index is 12.7. The van der Waals surface area contributed by atoms with Gasteiger partial charge in [0, 0.05) is 44.7 Å². The van der Waals surface area contributed by atoms with Crippen molar-refractivity contribution in [3.8, 4) is 0 Å². The van der Waals surface area contributed by atoms with Gasteiger partial charge in [0.15, 0.2) is 0 Å². The Hall–Kier alpha value is -1.89. The van der Waals surface area contributed by atoms with Crippen LogP contribution in [0.3, 0.4) is 0 Å². The third-order valence-corrected chi connectivity index (χ3v) is 5.46. The zero-order chi connectivity index (χ0) is 17.2. The molecular weight excluding hydrogens is 308 g/mol. The molecule has 2 amide bonds. The van der Waals surface area contributed by atoms with E-state index >= 15 is 0 Å². The number of hydrogen-bond acceptors (Lipinski definition) is 4. The quantitative estimate of drug-likeness (QED) is 0.866. The highest BCUT2D eigenvalue weighted by atomic mass is 16.5. The van der Waals surface area contributed by atoms with Crippen molar-refractivity contribution in [2.45, 2.75) is 38.0 Å². The number of nitrogens with one attached hydrogen (secondary N) is 2. The van der Waals surface area contributed by atoms with Crippen LogP contribution in [0, 0.1) is 5.92 Å². The van der Waals surface area contributed by atoms with Gasteiger partial charge < -0.3 is 15.0 Å². The number of ether oxygens (including phenoxy) is 1. The highest BCUT2D eigenvalue weighted by Gasteiger charge is 2.38. The molecule has 2 aliphatic heterocycles. The minimum atomic E-state index is -0.162. The van der Waals surface area contributed by atoms with Crippen molar-refractivity contribution < 1.29 is 14.3 Å². The molecule has 2 saturated heterocycles. The molecule has 7 nitrogen and oxygen atoms in total. The highest BCUT2D eigenvalue weighted by Crippen LogP contribution is 2.36. The number of aromatic amines is 1. The summed E-state index contributed by atoms with van der Waals surface area (Å²) in [4.78, 5) is 26.6. The maximum atomic E-state index is 12.7. The molecule has 0 saturated carbocycles. The lowest BCUT2D eigenvalue weighted by Crippen LogP contribution is -2.47. The fraction of sp³-hybridized carbons (Fsp3) is 0.706. The Morgan fingerprint density at radius 2 is 2.00 bits per heavy atom. The molecule has 0 unspecified atom stereocenters. The number of amides is 2. The average Bonchev–Trinajstić information content (AvgIpc) is 3.12. The fourth-order valence-corrected chi connectivity index (χ4v) is 3.73. The van der Waals surface area contributed by atoms with E-state index in [9.17, 15) is 9.59 Å². The molecule has 0 aromatic carbocycles. The normalized spacial score (nSPS) is 21.5. The molecule has 2 fully saturated rings. The third kappa shape index (κ3) is 3.17. The van der Waals surface area contributed by atoms with Crippen LogP contribution < -0.4 is 5.32 Å². The van der Waals surface area contributed by atoms with Gasteiger partial charge in [0.1, 0.15) is 0 Å². The van der Waals surface area contributed by atoms with Crippen molar-refractivity contribution in [1.82, 2.24) is 20.4 Å². The molecule has 1 aromatic rings. The number of aromatic nitrogens is 2. The summed E-state index contributed by atoms with van der Waals surface area (Å²) in [6.45, 7) is 4.96. The molecular formula is C17H26N4O3. The van der Waals surface area contributed by atoms with Gasteiger partial charge in [-0.05, 0) is 25.7 Å². The monoisotopic (exact) mass is 334 g/mol. The zero-order valence-corrected chi connectivity index (χ0v) is 14.4. The van der Waals surface area contributed by atoms with Crippen molar-refractivity contribution in [3.05, 3.63) is 17.5 Å². The summed E-state index contributed by atoms with van der Waals surface area (Å²) >= 11 is 0. The number of carbonyl (C=O) groups is 2. The van der Waals surface area contributed by atoms with Crippen LogP contribution in [0.5, 0.6) is 0 Å². The second kappa shape index (κ2) is 6.93. The summed E-state index contributed by atoms with van der Waals surface area (Å²) < 4.78 is 5.35. The maximum Gasteiger partial charge on any atom is 0.254 e. The first-order valence-corrected chi connectivity index (χ1v) is 8.67. The Kier molecular flexibility index (Phi) is 4.89. The molecule has 0 aliphatic carbocycles. The Morgan fingerprint density at radius 3 is 2.62 bits per heavy atom. The Bertz CT molecular complexity index is 599. The summed E-state index contributed by atoms with van der Waals surface area (Å²) in [7, 11) is 1.62. The van der Waals surface area contributed by atoms with Crippen LogP contribution in [0.15, 0.2) is 6.20 Å². The molecule has 0 bridgehead atoms. The number of piperidine rings is 1. The fourth-order valence-electron chi connectivity index (χ4n) is 3.73. The van der Waals surface area contributed by atoms with E-state index in [-0.39, 0.29) is 23.1 Å². The molecule has 2 N–H and O–H groups in total. The van der Waals surface area contributed by atoms with Crippen LogP contribution in [-0.4, -0.2) is 60.3 Å². The van der Waals surface area contributed by atoms with E-state index in [4.69, 9.17) is 4.74 Å². The standard InChI is InChI=1S/C17H26N4O3/c1-17(14-13(11-19-20-14)15(22)18-2)5-7-21(8-6-17)16(23)12-3-9-24-10-4-12/h11-12H,3-10H2,1-2H3,(H,18,22)(H,19,20). The van der Waals surface area contributed by atoms with Gasteiger partial charge in [0.25, 0.3) is 5.91 Å². The molecule has 7 heteroatoms. The predicted octanol–water partition coefficient (Wildman–Crippen LogP) is 1.08. The number of nitrogens with zero attached hydrogens (tertiary/aromatic N) is 2. The topological polar surface area (TPSA) is 87.3 Å². The molecule has 3 rings (SSSR count). The average molecular weight is 334 g/mol. The first-order chi connectivity index (χ1) is 11.5. The molecule has 0 spiro atoms. The van der Waals surface area contributed by atoms with Crippen molar-refractivity contribution in [3.63, 3.8) is 0 Å². The van der Waals surface area contributed by atoms with E-state index < -0.39 is 0 Å². The Labute approximate surface area is 142 Å². The van der Waals surface area contributed by atoms with Crippen LogP contribution in [-0.2, 0) is 14.9 Å².